The summed E-state index contributed by atoms with van der Waals surface area (Å²) in [6.45, 7) is 0. The quantitative estimate of drug-likeness (QED) is 0.593. The number of benzene rings is 1. The van der Waals surface area contributed by atoms with E-state index in [2.05, 4.69) is 4.74 Å². The molecule has 0 aliphatic heterocycles. The molecule has 76 valence electrons. The Kier molecular flexibility index (Phi) is 4.10. The SMILES string of the molecule is COC(=O)c1ccc(Cl)c(OSC)c1. The molecule has 14 heavy (non-hydrogen) atoms. The van der Waals surface area contributed by atoms with Crippen LogP contribution in [-0.2, 0) is 4.74 Å². The summed E-state index contributed by atoms with van der Waals surface area (Å²) < 4.78 is 9.71. The minimum Gasteiger partial charge on any atom is -0.465 e. The van der Waals surface area contributed by atoms with Crippen LogP contribution >= 0.6 is 23.6 Å². The molecular formula is C9H9ClO3S. The molecule has 0 aliphatic carbocycles. The maximum absolute atomic E-state index is 11.2. The Balaban J connectivity index is 2.99. The average molecular weight is 233 g/mol. The van der Waals surface area contributed by atoms with Crippen LogP contribution in [0, 0.1) is 0 Å². The van der Waals surface area contributed by atoms with Crippen LogP contribution in [0.15, 0.2) is 18.2 Å². The summed E-state index contributed by atoms with van der Waals surface area (Å²) in [5.41, 5.74) is 0.418. The molecule has 3 nitrogen and oxygen atoms in total. The summed E-state index contributed by atoms with van der Waals surface area (Å²) in [6.07, 6.45) is 1.77. The van der Waals surface area contributed by atoms with Crippen LogP contribution in [-0.4, -0.2) is 19.3 Å². The van der Waals surface area contributed by atoms with Crippen molar-refractivity contribution in [3.05, 3.63) is 28.8 Å². The largest absolute Gasteiger partial charge is 0.465 e. The van der Waals surface area contributed by atoms with E-state index in [0.717, 1.165) is 12.0 Å². The van der Waals surface area contributed by atoms with Gasteiger partial charge in [-0.05, 0) is 18.2 Å². The Morgan fingerprint density at radius 2 is 2.21 bits per heavy atom. The Bertz CT molecular complexity index is 341. The number of rotatable bonds is 3. The van der Waals surface area contributed by atoms with Crippen molar-refractivity contribution in [3.63, 3.8) is 0 Å². The zero-order valence-corrected chi connectivity index (χ0v) is 9.32. The molecule has 0 fully saturated rings. The molecule has 0 amide bonds. The second-order valence-corrected chi connectivity index (χ2v) is 3.29. The summed E-state index contributed by atoms with van der Waals surface area (Å²) in [6, 6.07) is 4.73. The topological polar surface area (TPSA) is 35.5 Å². The van der Waals surface area contributed by atoms with Gasteiger partial charge in [0.1, 0.15) is 0 Å². The van der Waals surface area contributed by atoms with Gasteiger partial charge in [-0.15, -0.1) is 0 Å². The number of esters is 1. The smallest absolute Gasteiger partial charge is 0.337 e. The molecule has 0 atom stereocenters. The molecule has 0 saturated carbocycles. The number of methoxy groups -OCH3 is 1. The number of carbonyl (C=O) groups excluding carboxylic acids is 1. The Morgan fingerprint density at radius 3 is 2.79 bits per heavy atom. The van der Waals surface area contributed by atoms with Gasteiger partial charge < -0.3 is 8.92 Å². The highest BCUT2D eigenvalue weighted by Crippen LogP contribution is 2.27. The van der Waals surface area contributed by atoms with Crippen LogP contribution in [0.25, 0.3) is 0 Å². The fraction of sp³-hybridized carbons (Fsp3) is 0.222. The number of hydrogen-bond donors (Lipinski definition) is 0. The summed E-state index contributed by atoms with van der Waals surface area (Å²) in [5, 5.41) is 0.465. The van der Waals surface area contributed by atoms with Gasteiger partial charge >= 0.3 is 5.97 Å². The van der Waals surface area contributed by atoms with E-state index < -0.39 is 5.97 Å². The third-order valence-corrected chi connectivity index (χ3v) is 2.18. The molecule has 0 heterocycles. The van der Waals surface area contributed by atoms with E-state index in [4.69, 9.17) is 15.8 Å². The highest BCUT2D eigenvalue weighted by atomic mass is 35.5. The van der Waals surface area contributed by atoms with E-state index in [1.807, 2.05) is 0 Å². The van der Waals surface area contributed by atoms with Crippen molar-refractivity contribution in [2.24, 2.45) is 0 Å². The Hall–Kier alpha value is -0.870. The number of carbonyl (C=O) groups is 1. The maximum atomic E-state index is 11.2. The third-order valence-electron chi connectivity index (χ3n) is 1.53. The zero-order valence-electron chi connectivity index (χ0n) is 7.74. The van der Waals surface area contributed by atoms with Crippen molar-refractivity contribution in [1.29, 1.82) is 0 Å². The summed E-state index contributed by atoms with van der Waals surface area (Å²) in [7, 11) is 1.33. The van der Waals surface area contributed by atoms with Crippen molar-refractivity contribution in [1.82, 2.24) is 0 Å². The van der Waals surface area contributed by atoms with Crippen LogP contribution in [0.2, 0.25) is 5.02 Å². The summed E-state index contributed by atoms with van der Waals surface area (Å²) in [5.74, 6) is 0.0506. The molecule has 0 aromatic heterocycles. The monoisotopic (exact) mass is 232 g/mol. The Morgan fingerprint density at radius 1 is 1.50 bits per heavy atom. The zero-order chi connectivity index (χ0) is 10.6. The Labute approximate surface area is 91.6 Å². The van der Waals surface area contributed by atoms with Gasteiger partial charge in [0.25, 0.3) is 0 Å². The molecule has 0 aliphatic rings. The molecule has 0 bridgehead atoms. The van der Waals surface area contributed by atoms with E-state index in [1.165, 1.54) is 7.11 Å². The number of hydrogen-bond acceptors (Lipinski definition) is 4. The van der Waals surface area contributed by atoms with Crippen molar-refractivity contribution in [2.45, 2.75) is 0 Å². The van der Waals surface area contributed by atoms with Crippen LogP contribution in [0.1, 0.15) is 10.4 Å². The molecular weight excluding hydrogens is 224 g/mol. The van der Waals surface area contributed by atoms with Crippen molar-refractivity contribution >= 4 is 29.6 Å². The predicted molar refractivity (Wildman–Crippen MR) is 56.9 cm³/mol. The first-order chi connectivity index (χ1) is 6.69. The highest BCUT2D eigenvalue weighted by Gasteiger charge is 2.09. The second kappa shape index (κ2) is 5.12. The van der Waals surface area contributed by atoms with Crippen molar-refractivity contribution in [2.75, 3.05) is 13.4 Å². The lowest BCUT2D eigenvalue weighted by molar-refractivity contribution is 0.0600. The molecule has 1 rings (SSSR count). The minimum atomic E-state index is -0.410. The lowest BCUT2D eigenvalue weighted by atomic mass is 10.2. The first-order valence-corrected chi connectivity index (χ1v) is 5.30. The van der Waals surface area contributed by atoms with Gasteiger partial charge in [-0.3, -0.25) is 0 Å². The standard InChI is InChI=1S/C9H9ClO3S/c1-12-9(11)6-3-4-7(10)8(5-6)13-14-2/h3-5H,1-2H3. The van der Waals surface area contributed by atoms with Crippen LogP contribution < -0.4 is 4.18 Å². The van der Waals surface area contributed by atoms with Crippen LogP contribution in [0.3, 0.4) is 0 Å². The van der Waals surface area contributed by atoms with Gasteiger partial charge in [0.15, 0.2) is 5.75 Å². The van der Waals surface area contributed by atoms with Crippen LogP contribution in [0.5, 0.6) is 5.75 Å². The molecule has 0 spiro atoms. The van der Waals surface area contributed by atoms with E-state index in [-0.39, 0.29) is 0 Å². The number of halogens is 1. The third kappa shape index (κ3) is 2.56. The second-order valence-electron chi connectivity index (χ2n) is 2.39. The van der Waals surface area contributed by atoms with E-state index in [0.29, 0.717) is 16.3 Å². The molecule has 0 N–H and O–H groups in total. The van der Waals surface area contributed by atoms with E-state index in [1.54, 1.807) is 24.5 Å². The normalized spacial score (nSPS) is 9.64. The lowest BCUT2D eigenvalue weighted by Gasteiger charge is -2.05. The molecule has 5 heteroatoms. The molecule has 0 unspecified atom stereocenters. The summed E-state index contributed by atoms with van der Waals surface area (Å²) >= 11 is 6.99. The van der Waals surface area contributed by atoms with Crippen molar-refractivity contribution in [3.8, 4) is 5.75 Å². The van der Waals surface area contributed by atoms with E-state index >= 15 is 0 Å². The van der Waals surface area contributed by atoms with Gasteiger partial charge in [-0.25, -0.2) is 4.79 Å². The molecule has 1 aromatic carbocycles. The number of ether oxygens (including phenoxy) is 1. The van der Waals surface area contributed by atoms with Gasteiger partial charge in [0.05, 0.1) is 29.7 Å². The summed E-state index contributed by atoms with van der Waals surface area (Å²) in [4.78, 5) is 11.2. The first kappa shape index (κ1) is 11.2. The molecule has 1 aromatic rings. The average Bonchev–Trinajstić information content (AvgIpc) is 2.20. The molecule has 0 saturated heterocycles. The van der Waals surface area contributed by atoms with Gasteiger partial charge in [0, 0.05) is 6.26 Å². The predicted octanol–water partition coefficient (Wildman–Crippen LogP) is 2.78. The maximum Gasteiger partial charge on any atom is 0.337 e. The van der Waals surface area contributed by atoms with Crippen molar-refractivity contribution < 1.29 is 13.7 Å². The minimum absolute atomic E-state index is 0.410. The fourth-order valence-corrected chi connectivity index (χ4v) is 1.42. The van der Waals surface area contributed by atoms with Gasteiger partial charge in [0.2, 0.25) is 0 Å². The van der Waals surface area contributed by atoms with Gasteiger partial charge in [-0.2, -0.15) is 0 Å². The lowest BCUT2D eigenvalue weighted by Crippen LogP contribution is -2.00. The van der Waals surface area contributed by atoms with Crippen LogP contribution in [0.4, 0.5) is 0 Å². The van der Waals surface area contributed by atoms with Gasteiger partial charge in [-0.1, -0.05) is 11.6 Å². The first-order valence-electron chi connectivity index (χ1n) is 3.77. The van der Waals surface area contributed by atoms with E-state index in [9.17, 15) is 4.79 Å². The highest BCUT2D eigenvalue weighted by molar-refractivity contribution is 7.94. The molecule has 0 radical (unpaired) electrons. The fourth-order valence-electron chi connectivity index (χ4n) is 0.902.